The first kappa shape index (κ1) is 8.74. The van der Waals surface area contributed by atoms with Crippen LogP contribution >= 0.6 is 0 Å². The number of anilines is 1. The number of aromatic amines is 1. The topological polar surface area (TPSA) is 67.6 Å². The lowest BCUT2D eigenvalue weighted by atomic mass is 10.2. The molecule has 0 aromatic carbocycles. The molecule has 0 saturated carbocycles. The number of rotatable bonds is 1. The van der Waals surface area contributed by atoms with Crippen molar-refractivity contribution in [2.75, 3.05) is 5.73 Å². The van der Waals surface area contributed by atoms with E-state index in [0.29, 0.717) is 5.69 Å². The molecular formula is C10H12N4. The van der Waals surface area contributed by atoms with Gasteiger partial charge in [0.05, 0.1) is 29.0 Å². The Balaban J connectivity index is 2.49. The van der Waals surface area contributed by atoms with Crippen molar-refractivity contribution in [3.8, 4) is 11.4 Å². The number of H-pyrrole nitrogens is 1. The highest BCUT2D eigenvalue weighted by Crippen LogP contribution is 2.18. The number of pyridine rings is 1. The number of nitrogen functional groups attached to an aromatic ring is 1. The molecule has 72 valence electrons. The first-order valence-corrected chi connectivity index (χ1v) is 4.42. The number of hydrogen-bond acceptors (Lipinski definition) is 3. The molecule has 0 aliphatic heterocycles. The molecule has 0 unspecified atom stereocenters. The van der Waals surface area contributed by atoms with Crippen LogP contribution in [0.25, 0.3) is 11.4 Å². The summed E-state index contributed by atoms with van der Waals surface area (Å²) < 4.78 is 0. The van der Waals surface area contributed by atoms with Crippen LogP contribution in [-0.2, 0) is 0 Å². The van der Waals surface area contributed by atoms with Crippen molar-refractivity contribution < 1.29 is 0 Å². The lowest BCUT2D eigenvalue weighted by molar-refractivity contribution is 1.13. The van der Waals surface area contributed by atoms with E-state index >= 15 is 0 Å². The van der Waals surface area contributed by atoms with Gasteiger partial charge in [0.1, 0.15) is 5.82 Å². The van der Waals surface area contributed by atoms with E-state index in [2.05, 4.69) is 15.0 Å². The molecule has 3 N–H and O–H groups in total. The van der Waals surface area contributed by atoms with E-state index in [4.69, 9.17) is 5.73 Å². The van der Waals surface area contributed by atoms with Crippen molar-refractivity contribution in [3.63, 3.8) is 0 Å². The summed E-state index contributed by atoms with van der Waals surface area (Å²) in [6.45, 7) is 3.88. The van der Waals surface area contributed by atoms with Crippen molar-refractivity contribution in [1.82, 2.24) is 15.0 Å². The molecule has 4 heteroatoms. The maximum Gasteiger partial charge on any atom is 0.103 e. The summed E-state index contributed by atoms with van der Waals surface area (Å²) in [5.74, 6) is 0.899. The summed E-state index contributed by atoms with van der Waals surface area (Å²) in [5.41, 5.74) is 9.02. The minimum Gasteiger partial charge on any atom is -0.397 e. The van der Waals surface area contributed by atoms with Crippen LogP contribution in [0.5, 0.6) is 0 Å². The third-order valence-electron chi connectivity index (χ3n) is 2.05. The van der Waals surface area contributed by atoms with Gasteiger partial charge in [-0.25, -0.2) is 4.98 Å². The van der Waals surface area contributed by atoms with Crippen LogP contribution < -0.4 is 5.73 Å². The minimum absolute atomic E-state index is 0.669. The van der Waals surface area contributed by atoms with Crippen LogP contribution in [0.3, 0.4) is 0 Å². The van der Waals surface area contributed by atoms with Crippen LogP contribution in [-0.4, -0.2) is 15.0 Å². The molecule has 0 spiro atoms. The van der Waals surface area contributed by atoms with Gasteiger partial charge in [-0.15, -0.1) is 0 Å². The zero-order chi connectivity index (χ0) is 10.1. The third kappa shape index (κ3) is 1.46. The maximum atomic E-state index is 5.56. The molecule has 14 heavy (non-hydrogen) atoms. The number of nitrogens with two attached hydrogens (primary N) is 1. The molecule has 0 bridgehead atoms. The minimum atomic E-state index is 0.669. The Labute approximate surface area is 82.2 Å². The van der Waals surface area contributed by atoms with Crippen molar-refractivity contribution in [3.05, 3.63) is 29.8 Å². The number of hydrogen-bond donors (Lipinski definition) is 2. The maximum absolute atomic E-state index is 5.56. The Morgan fingerprint density at radius 1 is 1.29 bits per heavy atom. The monoisotopic (exact) mass is 188 g/mol. The molecule has 0 aliphatic rings. The van der Waals surface area contributed by atoms with Crippen LogP contribution in [0, 0.1) is 13.8 Å². The first-order chi connectivity index (χ1) is 6.66. The molecule has 0 aliphatic carbocycles. The average Bonchev–Trinajstić information content (AvgIpc) is 2.47. The van der Waals surface area contributed by atoms with Gasteiger partial charge in [0.15, 0.2) is 0 Å². The van der Waals surface area contributed by atoms with Gasteiger partial charge >= 0.3 is 0 Å². The summed E-state index contributed by atoms with van der Waals surface area (Å²) in [7, 11) is 0. The molecule has 2 aromatic rings. The Morgan fingerprint density at radius 2 is 2.07 bits per heavy atom. The Morgan fingerprint density at radius 3 is 2.57 bits per heavy atom. The molecule has 0 amide bonds. The van der Waals surface area contributed by atoms with Crippen LogP contribution in [0.2, 0.25) is 0 Å². The van der Waals surface area contributed by atoms with Crippen LogP contribution in [0.4, 0.5) is 5.69 Å². The third-order valence-corrected chi connectivity index (χ3v) is 2.05. The van der Waals surface area contributed by atoms with Crippen LogP contribution in [0.1, 0.15) is 11.5 Å². The zero-order valence-corrected chi connectivity index (χ0v) is 8.20. The molecule has 0 fully saturated rings. The second-order valence-corrected chi connectivity index (χ2v) is 3.26. The van der Waals surface area contributed by atoms with E-state index in [1.807, 2.05) is 26.0 Å². The largest absolute Gasteiger partial charge is 0.397 e. The fourth-order valence-electron chi connectivity index (χ4n) is 1.41. The van der Waals surface area contributed by atoms with Gasteiger partial charge in [-0.2, -0.15) is 0 Å². The Hall–Kier alpha value is -1.84. The standard InChI is InChI=1S/C10H12N4/c1-6-10(14-7(2)13-6)9-4-3-8(11)5-12-9/h3-5H,11H2,1-2H3,(H,13,14). The van der Waals surface area contributed by atoms with Gasteiger partial charge in [0, 0.05) is 0 Å². The summed E-state index contributed by atoms with van der Waals surface area (Å²) in [6, 6.07) is 3.72. The molecule has 2 aromatic heterocycles. The predicted molar refractivity (Wildman–Crippen MR) is 55.7 cm³/mol. The van der Waals surface area contributed by atoms with Crippen molar-refractivity contribution >= 4 is 5.69 Å². The fraction of sp³-hybridized carbons (Fsp3) is 0.200. The molecule has 0 radical (unpaired) electrons. The molecule has 0 atom stereocenters. The lowest BCUT2D eigenvalue weighted by Crippen LogP contribution is -1.89. The summed E-state index contributed by atoms with van der Waals surface area (Å²) >= 11 is 0. The second kappa shape index (κ2) is 3.14. The Bertz CT molecular complexity index is 442. The SMILES string of the molecule is Cc1nc(C)c(-c2ccc(N)cn2)[nH]1. The quantitative estimate of drug-likeness (QED) is 0.715. The van der Waals surface area contributed by atoms with Crippen molar-refractivity contribution in [2.24, 2.45) is 0 Å². The highest BCUT2D eigenvalue weighted by atomic mass is 14.9. The zero-order valence-electron chi connectivity index (χ0n) is 8.20. The van der Waals surface area contributed by atoms with Crippen LogP contribution in [0.15, 0.2) is 18.3 Å². The summed E-state index contributed by atoms with van der Waals surface area (Å²) in [6.07, 6.45) is 1.64. The highest BCUT2D eigenvalue weighted by molar-refractivity contribution is 5.58. The number of imidazole rings is 1. The molecule has 4 nitrogen and oxygen atoms in total. The van der Waals surface area contributed by atoms with E-state index in [1.165, 1.54) is 0 Å². The van der Waals surface area contributed by atoms with Gasteiger partial charge in [-0.1, -0.05) is 0 Å². The number of nitrogens with zero attached hydrogens (tertiary/aromatic N) is 2. The van der Waals surface area contributed by atoms with Crippen molar-refractivity contribution in [1.29, 1.82) is 0 Å². The molecule has 0 saturated heterocycles. The van der Waals surface area contributed by atoms with E-state index in [-0.39, 0.29) is 0 Å². The Kier molecular flexibility index (Phi) is 1.96. The van der Waals surface area contributed by atoms with Gasteiger partial charge in [0.25, 0.3) is 0 Å². The predicted octanol–water partition coefficient (Wildman–Crippen LogP) is 1.67. The number of aryl methyl sites for hydroxylation is 2. The highest BCUT2D eigenvalue weighted by Gasteiger charge is 2.06. The number of nitrogens with one attached hydrogen (secondary N) is 1. The average molecular weight is 188 g/mol. The molecule has 2 rings (SSSR count). The van der Waals surface area contributed by atoms with Gasteiger partial charge < -0.3 is 10.7 Å². The smallest absolute Gasteiger partial charge is 0.103 e. The number of aromatic nitrogens is 3. The van der Waals surface area contributed by atoms with E-state index in [0.717, 1.165) is 22.9 Å². The van der Waals surface area contributed by atoms with Crippen molar-refractivity contribution in [2.45, 2.75) is 13.8 Å². The molecular weight excluding hydrogens is 176 g/mol. The lowest BCUT2D eigenvalue weighted by Gasteiger charge is -1.98. The van der Waals surface area contributed by atoms with E-state index in [1.54, 1.807) is 6.20 Å². The van der Waals surface area contributed by atoms with Gasteiger partial charge in [0.2, 0.25) is 0 Å². The van der Waals surface area contributed by atoms with E-state index in [9.17, 15) is 0 Å². The normalized spacial score (nSPS) is 10.4. The molecule has 2 heterocycles. The van der Waals surface area contributed by atoms with Gasteiger partial charge in [-0.3, -0.25) is 4.98 Å². The summed E-state index contributed by atoms with van der Waals surface area (Å²) in [4.78, 5) is 11.7. The fourth-order valence-corrected chi connectivity index (χ4v) is 1.41. The first-order valence-electron chi connectivity index (χ1n) is 4.42. The summed E-state index contributed by atoms with van der Waals surface area (Å²) in [5, 5.41) is 0. The van der Waals surface area contributed by atoms with E-state index < -0.39 is 0 Å². The second-order valence-electron chi connectivity index (χ2n) is 3.26. The van der Waals surface area contributed by atoms with Gasteiger partial charge in [-0.05, 0) is 26.0 Å².